The minimum absolute atomic E-state index is 0.168. The summed E-state index contributed by atoms with van der Waals surface area (Å²) >= 11 is 1.22. The predicted molar refractivity (Wildman–Crippen MR) is 93.3 cm³/mol. The van der Waals surface area contributed by atoms with Gasteiger partial charge in [-0.15, -0.1) is 11.3 Å². The van der Waals surface area contributed by atoms with Crippen molar-refractivity contribution in [2.45, 2.75) is 13.5 Å². The van der Waals surface area contributed by atoms with Crippen molar-refractivity contribution >= 4 is 28.2 Å². The molecule has 2 N–H and O–H groups in total. The number of amides is 2. The summed E-state index contributed by atoms with van der Waals surface area (Å²) in [5.41, 5.74) is 2.22. The largest absolute Gasteiger partial charge is 0.459 e. The lowest BCUT2D eigenvalue weighted by Crippen LogP contribution is -2.21. The van der Waals surface area contributed by atoms with Gasteiger partial charge in [0.15, 0.2) is 5.76 Å². The summed E-state index contributed by atoms with van der Waals surface area (Å²) in [6.45, 7) is 2.48. The third-order valence-electron chi connectivity index (χ3n) is 3.39. The van der Waals surface area contributed by atoms with Crippen LogP contribution in [0, 0.1) is 6.92 Å². The molecule has 0 aliphatic carbocycles. The summed E-state index contributed by atoms with van der Waals surface area (Å²) in [6, 6.07) is 14.6. The number of thiophene rings is 1. The van der Waals surface area contributed by atoms with E-state index in [1.54, 1.807) is 24.3 Å². The van der Waals surface area contributed by atoms with Gasteiger partial charge < -0.3 is 15.1 Å². The van der Waals surface area contributed by atoms with E-state index in [1.165, 1.54) is 23.2 Å². The first-order valence-electron chi connectivity index (χ1n) is 7.40. The zero-order valence-corrected chi connectivity index (χ0v) is 13.9. The van der Waals surface area contributed by atoms with E-state index in [0.29, 0.717) is 16.4 Å². The van der Waals surface area contributed by atoms with E-state index in [9.17, 15) is 9.59 Å². The van der Waals surface area contributed by atoms with Gasteiger partial charge >= 0.3 is 0 Å². The third kappa shape index (κ3) is 3.91. The Bertz CT molecular complexity index is 836. The van der Waals surface area contributed by atoms with E-state index in [0.717, 1.165) is 5.56 Å². The van der Waals surface area contributed by atoms with Gasteiger partial charge in [-0.1, -0.05) is 29.8 Å². The Labute approximate surface area is 143 Å². The number of hydrogen-bond acceptors (Lipinski definition) is 4. The second-order valence-corrected chi connectivity index (χ2v) is 6.35. The van der Waals surface area contributed by atoms with Gasteiger partial charge in [-0.25, -0.2) is 0 Å². The second-order valence-electron chi connectivity index (χ2n) is 5.26. The van der Waals surface area contributed by atoms with E-state index in [-0.39, 0.29) is 17.6 Å². The third-order valence-corrected chi connectivity index (χ3v) is 4.38. The molecular formula is C18H16N2O3S. The van der Waals surface area contributed by atoms with E-state index < -0.39 is 0 Å². The van der Waals surface area contributed by atoms with Crippen LogP contribution in [0.25, 0.3) is 0 Å². The number of nitrogens with one attached hydrogen (secondary N) is 2. The van der Waals surface area contributed by atoms with Gasteiger partial charge in [-0.3, -0.25) is 9.59 Å². The highest BCUT2D eigenvalue weighted by Crippen LogP contribution is 2.22. The predicted octanol–water partition coefficient (Wildman–Crippen LogP) is 3.83. The zero-order chi connectivity index (χ0) is 16.9. The molecule has 3 rings (SSSR count). The van der Waals surface area contributed by atoms with Gasteiger partial charge in [0.2, 0.25) is 0 Å². The smallest absolute Gasteiger partial charge is 0.291 e. The van der Waals surface area contributed by atoms with Crippen molar-refractivity contribution in [3.63, 3.8) is 0 Å². The number of furan rings is 1. The molecule has 24 heavy (non-hydrogen) atoms. The molecule has 0 aliphatic rings. The van der Waals surface area contributed by atoms with Crippen LogP contribution in [0.15, 0.2) is 59.2 Å². The Morgan fingerprint density at radius 1 is 1.04 bits per heavy atom. The first kappa shape index (κ1) is 16.0. The van der Waals surface area contributed by atoms with Crippen LogP contribution < -0.4 is 10.6 Å². The highest BCUT2D eigenvalue weighted by Gasteiger charge is 2.13. The number of benzene rings is 1. The van der Waals surface area contributed by atoms with E-state index in [2.05, 4.69) is 10.6 Å². The summed E-state index contributed by atoms with van der Waals surface area (Å²) in [6.07, 6.45) is 1.44. The summed E-state index contributed by atoms with van der Waals surface area (Å²) < 4.78 is 5.03. The van der Waals surface area contributed by atoms with Crippen molar-refractivity contribution in [1.29, 1.82) is 0 Å². The summed E-state index contributed by atoms with van der Waals surface area (Å²) in [4.78, 5) is 24.6. The minimum atomic E-state index is -0.339. The summed E-state index contributed by atoms with van der Waals surface area (Å²) in [5, 5.41) is 6.17. The Morgan fingerprint density at radius 3 is 2.54 bits per heavy atom. The average molecular weight is 340 g/mol. The molecule has 2 heterocycles. The van der Waals surface area contributed by atoms with Crippen LogP contribution in [0.4, 0.5) is 5.00 Å². The van der Waals surface area contributed by atoms with Crippen molar-refractivity contribution in [1.82, 2.24) is 5.32 Å². The van der Waals surface area contributed by atoms with Crippen LogP contribution in [-0.4, -0.2) is 11.8 Å². The molecule has 0 spiro atoms. The van der Waals surface area contributed by atoms with Crippen LogP contribution in [0.2, 0.25) is 0 Å². The number of hydrogen-bond donors (Lipinski definition) is 2. The number of carbonyl (C=O) groups is 2. The fraction of sp³-hybridized carbons (Fsp3) is 0.111. The molecule has 2 amide bonds. The maximum atomic E-state index is 12.2. The standard InChI is InChI=1S/C18H16N2O3S/c1-12-4-6-13(7-5-12)11-19-18(22)15-8-9-16(24-15)20-17(21)14-3-2-10-23-14/h2-10H,11H2,1H3,(H,19,22)(H,20,21). The number of aryl methyl sites for hydroxylation is 1. The fourth-order valence-corrected chi connectivity index (χ4v) is 2.90. The molecule has 122 valence electrons. The van der Waals surface area contributed by atoms with Crippen LogP contribution >= 0.6 is 11.3 Å². The van der Waals surface area contributed by atoms with Gasteiger partial charge in [0.05, 0.1) is 16.1 Å². The molecule has 0 bridgehead atoms. The second kappa shape index (κ2) is 7.14. The molecule has 0 radical (unpaired) electrons. The molecule has 0 saturated carbocycles. The van der Waals surface area contributed by atoms with Crippen molar-refractivity contribution in [2.75, 3.05) is 5.32 Å². The van der Waals surface area contributed by atoms with Crippen LogP contribution in [0.5, 0.6) is 0 Å². The Kier molecular flexibility index (Phi) is 4.77. The molecule has 6 heteroatoms. The lowest BCUT2D eigenvalue weighted by Gasteiger charge is -2.04. The van der Waals surface area contributed by atoms with E-state index in [4.69, 9.17) is 4.42 Å². The summed E-state index contributed by atoms with van der Waals surface area (Å²) in [5.74, 6) is -0.277. The lowest BCUT2D eigenvalue weighted by atomic mass is 10.1. The first-order valence-corrected chi connectivity index (χ1v) is 8.22. The minimum Gasteiger partial charge on any atom is -0.459 e. The molecule has 1 aromatic carbocycles. The maximum Gasteiger partial charge on any atom is 0.291 e. The topological polar surface area (TPSA) is 71.3 Å². The number of carbonyl (C=O) groups excluding carboxylic acids is 2. The molecule has 3 aromatic rings. The van der Waals surface area contributed by atoms with Crippen molar-refractivity contribution in [3.8, 4) is 0 Å². The van der Waals surface area contributed by atoms with Crippen LogP contribution in [-0.2, 0) is 6.54 Å². The van der Waals surface area contributed by atoms with Crippen LogP contribution in [0.1, 0.15) is 31.4 Å². The van der Waals surface area contributed by atoms with Crippen molar-refractivity contribution in [3.05, 3.63) is 76.6 Å². The monoisotopic (exact) mass is 340 g/mol. The number of anilines is 1. The average Bonchev–Trinajstić information content (AvgIpc) is 3.26. The zero-order valence-electron chi connectivity index (χ0n) is 13.0. The normalized spacial score (nSPS) is 10.4. The fourth-order valence-electron chi connectivity index (χ4n) is 2.08. The van der Waals surface area contributed by atoms with Gasteiger partial charge in [0, 0.05) is 6.54 Å². The SMILES string of the molecule is Cc1ccc(CNC(=O)c2ccc(NC(=O)c3ccco3)s2)cc1. The molecule has 0 fully saturated rings. The van der Waals surface area contributed by atoms with E-state index in [1.807, 2.05) is 31.2 Å². The number of rotatable bonds is 5. The molecule has 5 nitrogen and oxygen atoms in total. The molecule has 0 unspecified atom stereocenters. The molecular weight excluding hydrogens is 324 g/mol. The highest BCUT2D eigenvalue weighted by molar-refractivity contribution is 7.18. The highest BCUT2D eigenvalue weighted by atomic mass is 32.1. The van der Waals surface area contributed by atoms with Crippen molar-refractivity contribution < 1.29 is 14.0 Å². The van der Waals surface area contributed by atoms with Gasteiger partial charge in [0.1, 0.15) is 0 Å². The molecule has 0 saturated heterocycles. The Morgan fingerprint density at radius 2 is 1.83 bits per heavy atom. The molecule has 0 atom stereocenters. The molecule has 2 aromatic heterocycles. The van der Waals surface area contributed by atoms with Gasteiger partial charge in [0.25, 0.3) is 11.8 Å². The summed E-state index contributed by atoms with van der Waals surface area (Å²) in [7, 11) is 0. The van der Waals surface area contributed by atoms with Crippen molar-refractivity contribution in [2.24, 2.45) is 0 Å². The lowest BCUT2D eigenvalue weighted by molar-refractivity contribution is 0.0953. The van der Waals surface area contributed by atoms with Gasteiger partial charge in [-0.05, 0) is 36.8 Å². The van der Waals surface area contributed by atoms with Gasteiger partial charge in [-0.2, -0.15) is 0 Å². The quantitative estimate of drug-likeness (QED) is 0.741. The van der Waals surface area contributed by atoms with E-state index >= 15 is 0 Å². The first-order chi connectivity index (χ1) is 11.6. The Hall–Kier alpha value is -2.86. The molecule has 0 aliphatic heterocycles. The van der Waals surface area contributed by atoms with Crippen LogP contribution in [0.3, 0.4) is 0 Å². The Balaban J connectivity index is 1.57. The maximum absolute atomic E-state index is 12.2.